The van der Waals surface area contributed by atoms with Crippen LogP contribution in [0.3, 0.4) is 0 Å². The summed E-state index contributed by atoms with van der Waals surface area (Å²) in [6.45, 7) is 2.04. The number of carbonyl (C=O) groups is 2. The molecule has 0 aliphatic heterocycles. The number of hydrogen-bond acceptors (Lipinski definition) is 2. The second-order valence-corrected chi connectivity index (χ2v) is 6.69. The summed E-state index contributed by atoms with van der Waals surface area (Å²) in [4.78, 5) is 23.0. The van der Waals surface area contributed by atoms with E-state index in [1.807, 2.05) is 31.2 Å². The molecular weight excluding hydrogens is 302 g/mol. The average molecular weight is 324 g/mol. The third-order valence-corrected chi connectivity index (χ3v) is 4.43. The smallest absolute Gasteiger partial charge is 0.306 e. The molecule has 2 rings (SSSR count). The summed E-state index contributed by atoms with van der Waals surface area (Å²) in [6, 6.07) is 7.68. The number of hydrogen-bond donors (Lipinski definition) is 2. The van der Waals surface area contributed by atoms with Gasteiger partial charge in [0.25, 0.3) is 0 Å². The lowest BCUT2D eigenvalue weighted by molar-refractivity contribution is -0.141. The molecule has 22 heavy (non-hydrogen) atoms. The molecule has 4 nitrogen and oxygen atoms in total. The van der Waals surface area contributed by atoms with Gasteiger partial charge in [-0.05, 0) is 49.3 Å². The SMILES string of the molecule is CC(CC(=O)N[C@H]1CC[C@@H](C(=O)O)C1)Cc1ccc(Cl)cc1. The lowest BCUT2D eigenvalue weighted by Gasteiger charge is -2.15. The molecule has 120 valence electrons. The molecule has 1 fully saturated rings. The highest BCUT2D eigenvalue weighted by atomic mass is 35.5. The first-order chi connectivity index (χ1) is 10.4. The maximum Gasteiger partial charge on any atom is 0.306 e. The second kappa shape index (κ2) is 7.63. The Kier molecular flexibility index (Phi) is 5.83. The van der Waals surface area contributed by atoms with Gasteiger partial charge in [-0.2, -0.15) is 0 Å². The molecule has 0 radical (unpaired) electrons. The fourth-order valence-electron chi connectivity index (χ4n) is 3.04. The molecule has 3 atom stereocenters. The molecule has 0 saturated heterocycles. The molecule has 2 N–H and O–H groups in total. The third kappa shape index (κ3) is 5.02. The van der Waals surface area contributed by atoms with Crippen molar-refractivity contribution in [1.29, 1.82) is 0 Å². The highest BCUT2D eigenvalue weighted by Crippen LogP contribution is 2.26. The molecule has 0 bridgehead atoms. The van der Waals surface area contributed by atoms with E-state index in [2.05, 4.69) is 5.32 Å². The van der Waals surface area contributed by atoms with E-state index in [0.29, 0.717) is 24.3 Å². The van der Waals surface area contributed by atoms with E-state index in [-0.39, 0.29) is 23.8 Å². The van der Waals surface area contributed by atoms with Crippen molar-refractivity contribution in [2.45, 2.75) is 45.1 Å². The third-order valence-electron chi connectivity index (χ3n) is 4.18. The number of amides is 1. The molecule has 1 unspecified atom stereocenters. The van der Waals surface area contributed by atoms with Gasteiger partial charge in [0.15, 0.2) is 0 Å². The Morgan fingerprint density at radius 3 is 2.59 bits per heavy atom. The Labute approximate surface area is 135 Å². The van der Waals surface area contributed by atoms with Crippen LogP contribution in [0.25, 0.3) is 0 Å². The van der Waals surface area contributed by atoms with E-state index >= 15 is 0 Å². The number of benzene rings is 1. The van der Waals surface area contributed by atoms with Crippen LogP contribution in [0.5, 0.6) is 0 Å². The summed E-state index contributed by atoms with van der Waals surface area (Å²) < 4.78 is 0. The van der Waals surface area contributed by atoms with Crippen molar-refractivity contribution < 1.29 is 14.7 Å². The fraction of sp³-hybridized carbons (Fsp3) is 0.529. The number of nitrogens with one attached hydrogen (secondary N) is 1. The average Bonchev–Trinajstić information content (AvgIpc) is 2.89. The minimum Gasteiger partial charge on any atom is -0.481 e. The van der Waals surface area contributed by atoms with Crippen LogP contribution in [0, 0.1) is 11.8 Å². The van der Waals surface area contributed by atoms with Gasteiger partial charge in [-0.3, -0.25) is 9.59 Å². The zero-order valence-corrected chi connectivity index (χ0v) is 13.5. The maximum absolute atomic E-state index is 12.1. The molecule has 1 saturated carbocycles. The molecule has 1 aliphatic carbocycles. The number of carboxylic acid groups (broad SMARTS) is 1. The van der Waals surface area contributed by atoms with Crippen LogP contribution < -0.4 is 5.32 Å². The van der Waals surface area contributed by atoms with Gasteiger partial charge in [0.2, 0.25) is 5.91 Å². The molecule has 0 aromatic heterocycles. The summed E-state index contributed by atoms with van der Waals surface area (Å²) >= 11 is 5.86. The predicted octanol–water partition coefficient (Wildman–Crippen LogP) is 3.28. The van der Waals surface area contributed by atoms with Gasteiger partial charge in [0.1, 0.15) is 0 Å². The second-order valence-electron chi connectivity index (χ2n) is 6.25. The Morgan fingerprint density at radius 1 is 1.32 bits per heavy atom. The highest BCUT2D eigenvalue weighted by molar-refractivity contribution is 6.30. The first kappa shape index (κ1) is 16.8. The van der Waals surface area contributed by atoms with E-state index in [4.69, 9.17) is 16.7 Å². The van der Waals surface area contributed by atoms with Crippen LogP contribution in [0.4, 0.5) is 0 Å². The minimum absolute atomic E-state index is 0.0105. The lowest BCUT2D eigenvalue weighted by atomic mass is 9.97. The normalized spacial score (nSPS) is 22.3. The number of rotatable bonds is 6. The monoisotopic (exact) mass is 323 g/mol. The van der Waals surface area contributed by atoms with Crippen molar-refractivity contribution in [3.63, 3.8) is 0 Å². The summed E-state index contributed by atoms with van der Waals surface area (Å²) in [5.41, 5.74) is 1.16. The van der Waals surface area contributed by atoms with Gasteiger partial charge in [-0.25, -0.2) is 0 Å². The molecule has 1 aliphatic rings. The first-order valence-corrected chi connectivity index (χ1v) is 8.08. The topological polar surface area (TPSA) is 66.4 Å². The summed E-state index contributed by atoms with van der Waals surface area (Å²) in [6.07, 6.45) is 3.24. The molecule has 5 heteroatoms. The van der Waals surface area contributed by atoms with Crippen LogP contribution in [-0.2, 0) is 16.0 Å². The van der Waals surface area contributed by atoms with Crippen LogP contribution in [0.2, 0.25) is 5.02 Å². The number of carbonyl (C=O) groups excluding carboxylic acids is 1. The molecule has 1 amide bonds. The Morgan fingerprint density at radius 2 is 2.00 bits per heavy atom. The van der Waals surface area contributed by atoms with E-state index in [9.17, 15) is 9.59 Å². The van der Waals surface area contributed by atoms with E-state index in [1.54, 1.807) is 0 Å². The number of halogens is 1. The Hall–Kier alpha value is -1.55. The molecular formula is C17H22ClNO3. The van der Waals surface area contributed by atoms with Crippen molar-refractivity contribution in [2.24, 2.45) is 11.8 Å². The Balaban J connectivity index is 1.74. The van der Waals surface area contributed by atoms with E-state index < -0.39 is 5.97 Å². The quantitative estimate of drug-likeness (QED) is 0.844. The zero-order chi connectivity index (χ0) is 16.1. The minimum atomic E-state index is -0.757. The van der Waals surface area contributed by atoms with Crippen molar-refractivity contribution in [3.05, 3.63) is 34.9 Å². The van der Waals surface area contributed by atoms with E-state index in [0.717, 1.165) is 18.4 Å². The van der Waals surface area contributed by atoms with Gasteiger partial charge in [0.05, 0.1) is 5.92 Å². The molecule has 0 spiro atoms. The van der Waals surface area contributed by atoms with Gasteiger partial charge in [0, 0.05) is 17.5 Å². The van der Waals surface area contributed by atoms with Gasteiger partial charge >= 0.3 is 5.97 Å². The van der Waals surface area contributed by atoms with Crippen LogP contribution in [-0.4, -0.2) is 23.0 Å². The maximum atomic E-state index is 12.1. The molecule has 0 heterocycles. The van der Waals surface area contributed by atoms with Gasteiger partial charge in [-0.15, -0.1) is 0 Å². The standard InChI is InChI=1S/C17H22ClNO3/c1-11(8-12-2-5-14(18)6-3-12)9-16(20)19-15-7-4-13(10-15)17(21)22/h2-3,5-6,11,13,15H,4,7-10H2,1H3,(H,19,20)(H,21,22)/t11?,13-,15+/m1/s1. The summed E-state index contributed by atoms with van der Waals surface area (Å²) in [5, 5.41) is 12.6. The number of aliphatic carboxylic acids is 1. The number of carboxylic acids is 1. The van der Waals surface area contributed by atoms with Crippen molar-refractivity contribution >= 4 is 23.5 Å². The molecule has 1 aromatic rings. The lowest BCUT2D eigenvalue weighted by Crippen LogP contribution is -2.34. The predicted molar refractivity (Wildman–Crippen MR) is 85.8 cm³/mol. The summed E-state index contributed by atoms with van der Waals surface area (Å²) in [7, 11) is 0. The zero-order valence-electron chi connectivity index (χ0n) is 12.7. The van der Waals surface area contributed by atoms with Crippen molar-refractivity contribution in [1.82, 2.24) is 5.32 Å². The highest BCUT2D eigenvalue weighted by Gasteiger charge is 2.30. The van der Waals surface area contributed by atoms with Crippen LogP contribution in [0.1, 0.15) is 38.2 Å². The fourth-order valence-corrected chi connectivity index (χ4v) is 3.16. The van der Waals surface area contributed by atoms with Crippen molar-refractivity contribution in [2.75, 3.05) is 0 Å². The van der Waals surface area contributed by atoms with Crippen LogP contribution in [0.15, 0.2) is 24.3 Å². The largest absolute Gasteiger partial charge is 0.481 e. The van der Waals surface area contributed by atoms with Gasteiger partial charge in [-0.1, -0.05) is 30.7 Å². The molecule has 1 aromatic carbocycles. The van der Waals surface area contributed by atoms with Crippen LogP contribution >= 0.6 is 11.6 Å². The van der Waals surface area contributed by atoms with Gasteiger partial charge < -0.3 is 10.4 Å². The Bertz CT molecular complexity index is 529. The van der Waals surface area contributed by atoms with E-state index in [1.165, 1.54) is 0 Å². The summed E-state index contributed by atoms with van der Waals surface area (Å²) in [5.74, 6) is -0.819. The first-order valence-electron chi connectivity index (χ1n) is 7.70. The van der Waals surface area contributed by atoms with Crippen molar-refractivity contribution in [3.8, 4) is 0 Å².